The molecule has 3 rings (SSSR count). The average Bonchev–Trinajstić information content (AvgIpc) is 2.74. The standard InChI is InChI=1S/C12H10N2S/c1-2-4-12-10(3-1)9-14(15-12)11-5-7-13-8-6-11/h1-8H,9H2. The fourth-order valence-corrected chi connectivity index (χ4v) is 2.74. The molecule has 1 aliphatic heterocycles. The van der Waals surface area contributed by atoms with Crippen LogP contribution in [0.1, 0.15) is 5.56 Å². The van der Waals surface area contributed by atoms with E-state index in [1.807, 2.05) is 24.5 Å². The van der Waals surface area contributed by atoms with Gasteiger partial charge < -0.3 is 4.31 Å². The van der Waals surface area contributed by atoms with Gasteiger partial charge in [-0.25, -0.2) is 0 Å². The van der Waals surface area contributed by atoms with Crippen LogP contribution in [-0.4, -0.2) is 4.98 Å². The topological polar surface area (TPSA) is 16.1 Å². The second-order valence-corrected chi connectivity index (χ2v) is 4.50. The lowest BCUT2D eigenvalue weighted by Crippen LogP contribution is -2.06. The Kier molecular flexibility index (Phi) is 2.10. The third kappa shape index (κ3) is 1.59. The maximum absolute atomic E-state index is 4.03. The molecule has 2 heterocycles. The molecule has 0 aliphatic carbocycles. The summed E-state index contributed by atoms with van der Waals surface area (Å²) < 4.78 is 2.28. The zero-order chi connectivity index (χ0) is 10.1. The third-order valence-electron chi connectivity index (χ3n) is 2.45. The molecule has 74 valence electrons. The van der Waals surface area contributed by atoms with Crippen molar-refractivity contribution in [3.05, 3.63) is 54.4 Å². The first-order valence-corrected chi connectivity index (χ1v) is 5.64. The highest BCUT2D eigenvalue weighted by Crippen LogP contribution is 2.38. The molecule has 15 heavy (non-hydrogen) atoms. The Labute approximate surface area is 93.1 Å². The molecule has 0 unspecified atom stereocenters. The number of hydrogen-bond acceptors (Lipinski definition) is 3. The summed E-state index contributed by atoms with van der Waals surface area (Å²) >= 11 is 1.79. The van der Waals surface area contributed by atoms with Crippen molar-refractivity contribution in [2.75, 3.05) is 4.31 Å². The average molecular weight is 214 g/mol. The largest absolute Gasteiger partial charge is 0.308 e. The number of rotatable bonds is 1. The summed E-state index contributed by atoms with van der Waals surface area (Å²) in [6.07, 6.45) is 3.66. The van der Waals surface area contributed by atoms with E-state index in [1.165, 1.54) is 16.1 Å². The molecule has 1 aliphatic rings. The molecule has 0 fully saturated rings. The number of hydrogen-bond donors (Lipinski definition) is 0. The summed E-state index contributed by atoms with van der Waals surface area (Å²) in [5, 5.41) is 0. The van der Waals surface area contributed by atoms with Crippen LogP contribution >= 0.6 is 11.9 Å². The maximum atomic E-state index is 4.03. The van der Waals surface area contributed by atoms with Crippen LogP contribution in [0.3, 0.4) is 0 Å². The van der Waals surface area contributed by atoms with Gasteiger partial charge in [-0.1, -0.05) is 18.2 Å². The number of benzene rings is 1. The van der Waals surface area contributed by atoms with E-state index in [9.17, 15) is 0 Å². The molecule has 0 saturated carbocycles. The Hall–Kier alpha value is -1.48. The van der Waals surface area contributed by atoms with E-state index in [0.717, 1.165) is 6.54 Å². The molecule has 0 bridgehead atoms. The van der Waals surface area contributed by atoms with Crippen molar-refractivity contribution >= 4 is 17.6 Å². The zero-order valence-electron chi connectivity index (χ0n) is 8.13. The molecule has 1 aromatic carbocycles. The van der Waals surface area contributed by atoms with Crippen LogP contribution in [0, 0.1) is 0 Å². The van der Waals surface area contributed by atoms with Gasteiger partial charge in [0.2, 0.25) is 0 Å². The molecule has 1 aromatic heterocycles. The Balaban J connectivity index is 1.91. The van der Waals surface area contributed by atoms with E-state index in [2.05, 4.69) is 33.6 Å². The Morgan fingerprint density at radius 2 is 1.87 bits per heavy atom. The summed E-state index contributed by atoms with van der Waals surface area (Å²) in [4.78, 5) is 5.39. The molecule has 0 atom stereocenters. The van der Waals surface area contributed by atoms with Crippen LogP contribution in [0.2, 0.25) is 0 Å². The Morgan fingerprint density at radius 3 is 2.67 bits per heavy atom. The van der Waals surface area contributed by atoms with E-state index in [-0.39, 0.29) is 0 Å². The van der Waals surface area contributed by atoms with Crippen LogP contribution in [0.15, 0.2) is 53.7 Å². The molecule has 0 amide bonds. The van der Waals surface area contributed by atoms with E-state index in [0.29, 0.717) is 0 Å². The minimum absolute atomic E-state index is 0.977. The number of anilines is 1. The lowest BCUT2D eigenvalue weighted by molar-refractivity contribution is 1.06. The van der Waals surface area contributed by atoms with Crippen LogP contribution in [0.25, 0.3) is 0 Å². The molecule has 0 radical (unpaired) electrons. The van der Waals surface area contributed by atoms with Crippen LogP contribution in [0.4, 0.5) is 5.69 Å². The summed E-state index contributed by atoms with van der Waals surface area (Å²) in [5.74, 6) is 0. The highest BCUT2D eigenvalue weighted by Gasteiger charge is 2.19. The Bertz CT molecular complexity index is 445. The van der Waals surface area contributed by atoms with E-state index in [4.69, 9.17) is 0 Å². The normalized spacial score (nSPS) is 14.0. The van der Waals surface area contributed by atoms with Gasteiger partial charge in [-0.2, -0.15) is 0 Å². The van der Waals surface area contributed by atoms with Crippen molar-refractivity contribution in [3.8, 4) is 0 Å². The predicted molar refractivity (Wildman–Crippen MR) is 62.7 cm³/mol. The number of nitrogens with zero attached hydrogens (tertiary/aromatic N) is 2. The van der Waals surface area contributed by atoms with Gasteiger partial charge in [-0.3, -0.25) is 4.98 Å². The fourth-order valence-electron chi connectivity index (χ4n) is 1.68. The first-order chi connectivity index (χ1) is 7.43. The lowest BCUT2D eigenvalue weighted by Gasteiger charge is -2.14. The first-order valence-electron chi connectivity index (χ1n) is 4.87. The van der Waals surface area contributed by atoms with Gasteiger partial charge in [0.25, 0.3) is 0 Å². The molecule has 2 nitrogen and oxygen atoms in total. The van der Waals surface area contributed by atoms with E-state index < -0.39 is 0 Å². The monoisotopic (exact) mass is 214 g/mol. The van der Waals surface area contributed by atoms with E-state index >= 15 is 0 Å². The Morgan fingerprint density at radius 1 is 1.07 bits per heavy atom. The SMILES string of the molecule is c1ccc2c(c1)CN(c1ccncc1)S2. The molecule has 0 N–H and O–H groups in total. The highest BCUT2D eigenvalue weighted by atomic mass is 32.2. The van der Waals surface area contributed by atoms with Crippen LogP contribution in [-0.2, 0) is 6.54 Å². The third-order valence-corrected chi connectivity index (χ3v) is 3.60. The van der Waals surface area contributed by atoms with Crippen molar-refractivity contribution in [1.82, 2.24) is 4.98 Å². The molecule has 0 spiro atoms. The van der Waals surface area contributed by atoms with Gasteiger partial charge in [0.1, 0.15) is 0 Å². The predicted octanol–water partition coefficient (Wildman–Crippen LogP) is 3.11. The van der Waals surface area contributed by atoms with Gasteiger partial charge in [0, 0.05) is 17.3 Å². The quantitative estimate of drug-likeness (QED) is 0.678. The van der Waals surface area contributed by atoms with Crippen molar-refractivity contribution in [1.29, 1.82) is 0 Å². The molecule has 3 heteroatoms. The number of pyridine rings is 1. The summed E-state index contributed by atoms with van der Waals surface area (Å²) in [5.41, 5.74) is 2.62. The van der Waals surface area contributed by atoms with Crippen molar-refractivity contribution in [2.24, 2.45) is 0 Å². The van der Waals surface area contributed by atoms with Gasteiger partial charge >= 0.3 is 0 Å². The van der Waals surface area contributed by atoms with Crippen molar-refractivity contribution < 1.29 is 0 Å². The smallest absolute Gasteiger partial charge is 0.0561 e. The molecule has 0 saturated heterocycles. The van der Waals surface area contributed by atoms with E-state index in [1.54, 1.807) is 11.9 Å². The maximum Gasteiger partial charge on any atom is 0.0561 e. The van der Waals surface area contributed by atoms with Gasteiger partial charge in [-0.15, -0.1) is 0 Å². The van der Waals surface area contributed by atoms with Crippen LogP contribution in [0.5, 0.6) is 0 Å². The number of fused-ring (bicyclic) bond motifs is 1. The summed E-state index contributed by atoms with van der Waals surface area (Å²) in [7, 11) is 0. The van der Waals surface area contributed by atoms with Crippen LogP contribution < -0.4 is 4.31 Å². The second kappa shape index (κ2) is 3.59. The summed E-state index contributed by atoms with van der Waals surface area (Å²) in [6.45, 7) is 0.977. The van der Waals surface area contributed by atoms with Crippen molar-refractivity contribution in [3.63, 3.8) is 0 Å². The number of aromatic nitrogens is 1. The lowest BCUT2D eigenvalue weighted by atomic mass is 10.2. The highest BCUT2D eigenvalue weighted by molar-refractivity contribution is 8.01. The minimum Gasteiger partial charge on any atom is -0.308 e. The second-order valence-electron chi connectivity index (χ2n) is 3.44. The minimum atomic E-state index is 0.977. The van der Waals surface area contributed by atoms with Gasteiger partial charge in [0.15, 0.2) is 0 Å². The van der Waals surface area contributed by atoms with Crippen molar-refractivity contribution in [2.45, 2.75) is 11.4 Å². The zero-order valence-corrected chi connectivity index (χ0v) is 8.95. The van der Waals surface area contributed by atoms with Gasteiger partial charge in [-0.05, 0) is 35.7 Å². The molecule has 2 aromatic rings. The molecular formula is C12H10N2S. The molecular weight excluding hydrogens is 204 g/mol. The first kappa shape index (κ1) is 8.80. The van der Waals surface area contributed by atoms with Gasteiger partial charge in [0.05, 0.1) is 12.2 Å². The fraction of sp³-hybridized carbons (Fsp3) is 0.0833. The summed E-state index contributed by atoms with van der Waals surface area (Å²) in [6, 6.07) is 12.6.